The minimum Gasteiger partial charge on any atom is -0.390 e. The molecule has 2 N–H and O–H groups in total. The molecule has 0 spiro atoms. The third-order valence-corrected chi connectivity index (χ3v) is 4.76. The summed E-state index contributed by atoms with van der Waals surface area (Å²) in [6.07, 6.45) is 1.52. The number of hydrogen-bond acceptors (Lipinski definition) is 5. The summed E-state index contributed by atoms with van der Waals surface area (Å²) in [4.78, 5) is 0.139. The molecule has 2 aromatic rings. The van der Waals surface area contributed by atoms with Crippen molar-refractivity contribution in [2.45, 2.75) is 45.4 Å². The molecule has 0 saturated carbocycles. The molecule has 0 aromatic carbocycles. The fraction of sp³-hybridized carbons (Fsp3) is 0.462. The molecule has 0 unspecified atom stereocenters. The topological polar surface area (TPSA) is 97.4 Å². The zero-order valence-corrected chi connectivity index (χ0v) is 13.1. The Labute approximate surface area is 123 Å². The van der Waals surface area contributed by atoms with Gasteiger partial charge in [-0.15, -0.1) is 0 Å². The van der Waals surface area contributed by atoms with Crippen molar-refractivity contribution >= 4 is 10.0 Å². The van der Waals surface area contributed by atoms with Gasteiger partial charge in [0, 0.05) is 30.5 Å². The summed E-state index contributed by atoms with van der Waals surface area (Å²) in [7, 11) is -3.64. The van der Waals surface area contributed by atoms with Crippen molar-refractivity contribution in [1.29, 1.82) is 0 Å². The number of aryl methyl sites for hydroxylation is 3. The molecule has 21 heavy (non-hydrogen) atoms. The number of nitrogens with zero attached hydrogens (tertiary/aromatic N) is 2. The quantitative estimate of drug-likeness (QED) is 0.832. The lowest BCUT2D eigenvalue weighted by atomic mass is 10.2. The molecule has 0 bridgehead atoms. The van der Waals surface area contributed by atoms with Gasteiger partial charge in [0.2, 0.25) is 10.0 Å². The Hall–Kier alpha value is -1.64. The van der Waals surface area contributed by atoms with E-state index in [1.807, 2.05) is 6.92 Å². The predicted octanol–water partition coefficient (Wildman–Crippen LogP) is 1.08. The first-order chi connectivity index (χ1) is 9.89. The normalized spacial score (nSPS) is 12.0. The van der Waals surface area contributed by atoms with Gasteiger partial charge in [-0.1, -0.05) is 5.16 Å². The Kier molecular flexibility index (Phi) is 4.50. The van der Waals surface area contributed by atoms with Crippen LogP contribution in [0.25, 0.3) is 0 Å². The van der Waals surface area contributed by atoms with E-state index in [1.165, 1.54) is 12.3 Å². The average molecular weight is 313 g/mol. The van der Waals surface area contributed by atoms with Crippen LogP contribution in [0.3, 0.4) is 0 Å². The minimum atomic E-state index is -3.64. The van der Waals surface area contributed by atoms with Gasteiger partial charge in [-0.2, -0.15) is 0 Å². The van der Waals surface area contributed by atoms with Crippen molar-refractivity contribution in [3.63, 3.8) is 0 Å². The third kappa shape index (κ3) is 3.17. The highest BCUT2D eigenvalue weighted by Crippen LogP contribution is 2.17. The highest BCUT2D eigenvalue weighted by atomic mass is 32.2. The summed E-state index contributed by atoms with van der Waals surface area (Å²) in [5.41, 5.74) is 1.96. The zero-order chi connectivity index (χ0) is 15.6. The van der Waals surface area contributed by atoms with E-state index in [0.29, 0.717) is 23.7 Å². The van der Waals surface area contributed by atoms with Crippen molar-refractivity contribution in [3.8, 4) is 0 Å². The van der Waals surface area contributed by atoms with E-state index in [-0.39, 0.29) is 18.0 Å². The van der Waals surface area contributed by atoms with Gasteiger partial charge in [0.05, 0.1) is 17.2 Å². The summed E-state index contributed by atoms with van der Waals surface area (Å²) in [5.74, 6) is 0.595. The van der Waals surface area contributed by atoms with Gasteiger partial charge in [0.25, 0.3) is 0 Å². The molecule has 8 heteroatoms. The van der Waals surface area contributed by atoms with E-state index in [1.54, 1.807) is 18.4 Å². The Balaban J connectivity index is 2.21. The van der Waals surface area contributed by atoms with Crippen molar-refractivity contribution < 1.29 is 18.0 Å². The molecule has 0 radical (unpaired) electrons. The number of sulfonamides is 1. The number of rotatable bonds is 6. The first-order valence-corrected chi connectivity index (χ1v) is 8.08. The van der Waals surface area contributed by atoms with E-state index >= 15 is 0 Å². The lowest BCUT2D eigenvalue weighted by molar-refractivity contribution is 0.271. The minimum absolute atomic E-state index is 0.120. The molecule has 116 valence electrons. The fourth-order valence-corrected chi connectivity index (χ4v) is 3.16. The second kappa shape index (κ2) is 6.00. The van der Waals surface area contributed by atoms with Crippen LogP contribution in [0.1, 0.15) is 29.6 Å². The van der Waals surface area contributed by atoms with E-state index < -0.39 is 10.0 Å². The zero-order valence-electron chi connectivity index (χ0n) is 12.3. The number of aliphatic hydroxyl groups excluding tert-OH is 1. The van der Waals surface area contributed by atoms with Crippen LogP contribution in [0.4, 0.5) is 0 Å². The van der Waals surface area contributed by atoms with Crippen LogP contribution in [0.15, 0.2) is 21.7 Å². The van der Waals surface area contributed by atoms with Gasteiger partial charge in [0.15, 0.2) is 0 Å². The van der Waals surface area contributed by atoms with Crippen molar-refractivity contribution in [2.75, 3.05) is 0 Å². The molecule has 0 atom stereocenters. The van der Waals surface area contributed by atoms with E-state index in [9.17, 15) is 13.5 Å². The molecule has 0 amide bonds. The Morgan fingerprint density at radius 3 is 2.62 bits per heavy atom. The molecule has 2 heterocycles. The Morgan fingerprint density at radius 2 is 2.14 bits per heavy atom. The highest BCUT2D eigenvalue weighted by Gasteiger charge is 2.19. The maximum Gasteiger partial charge on any atom is 0.242 e. The van der Waals surface area contributed by atoms with Gasteiger partial charge in [-0.25, -0.2) is 13.1 Å². The number of hydrogen-bond donors (Lipinski definition) is 2. The van der Waals surface area contributed by atoms with E-state index in [2.05, 4.69) is 9.88 Å². The summed E-state index contributed by atoms with van der Waals surface area (Å²) in [6.45, 7) is 5.89. The number of nitrogens with one attached hydrogen (secondary N) is 1. The molecule has 7 nitrogen and oxygen atoms in total. The predicted molar refractivity (Wildman–Crippen MR) is 76.0 cm³/mol. The second-order valence-corrected chi connectivity index (χ2v) is 6.51. The standard InChI is InChI=1S/C13H19N3O4S/c1-4-16-7-12(5-11(16)8-17)21(18,19)14-6-13-9(2)15-20-10(13)3/h5,7,14,17H,4,6,8H2,1-3H3. The van der Waals surface area contributed by atoms with Crippen molar-refractivity contribution in [2.24, 2.45) is 0 Å². The smallest absolute Gasteiger partial charge is 0.242 e. The average Bonchev–Trinajstić information content (AvgIpc) is 3.01. The van der Waals surface area contributed by atoms with Crippen LogP contribution in [0.2, 0.25) is 0 Å². The maximum atomic E-state index is 12.3. The number of aliphatic hydroxyl groups is 1. The molecule has 0 aliphatic carbocycles. The molecular formula is C13H19N3O4S. The SMILES string of the molecule is CCn1cc(S(=O)(=O)NCc2c(C)noc2C)cc1CO. The summed E-state index contributed by atoms with van der Waals surface area (Å²) in [6, 6.07) is 1.47. The lowest BCUT2D eigenvalue weighted by Gasteiger charge is -2.04. The molecule has 0 fully saturated rings. The summed E-state index contributed by atoms with van der Waals surface area (Å²) >= 11 is 0. The van der Waals surface area contributed by atoms with Crippen LogP contribution in [-0.2, 0) is 29.7 Å². The second-order valence-electron chi connectivity index (χ2n) is 4.74. The molecule has 0 aliphatic heterocycles. The number of aromatic nitrogens is 2. The van der Waals surface area contributed by atoms with Crippen LogP contribution in [-0.4, -0.2) is 23.2 Å². The van der Waals surface area contributed by atoms with Gasteiger partial charge in [-0.05, 0) is 26.8 Å². The lowest BCUT2D eigenvalue weighted by Crippen LogP contribution is -2.23. The fourth-order valence-electron chi connectivity index (χ4n) is 2.10. The maximum absolute atomic E-state index is 12.3. The largest absolute Gasteiger partial charge is 0.390 e. The Bertz CT molecular complexity index is 690. The van der Waals surface area contributed by atoms with E-state index in [0.717, 1.165) is 5.56 Å². The van der Waals surface area contributed by atoms with Crippen molar-refractivity contribution in [1.82, 2.24) is 14.4 Å². The van der Waals surface area contributed by atoms with E-state index in [4.69, 9.17) is 4.52 Å². The molecule has 2 rings (SSSR count). The summed E-state index contributed by atoms with van der Waals surface area (Å²) in [5, 5.41) is 13.0. The molecule has 0 aliphatic rings. The third-order valence-electron chi connectivity index (χ3n) is 3.39. The first kappa shape index (κ1) is 15.7. The van der Waals surface area contributed by atoms with Gasteiger partial charge in [-0.3, -0.25) is 0 Å². The molecule has 0 saturated heterocycles. The van der Waals surface area contributed by atoms with Gasteiger partial charge in [0.1, 0.15) is 5.76 Å². The monoisotopic (exact) mass is 313 g/mol. The molecular weight excluding hydrogens is 294 g/mol. The highest BCUT2D eigenvalue weighted by molar-refractivity contribution is 7.89. The van der Waals surface area contributed by atoms with Crippen LogP contribution in [0.5, 0.6) is 0 Å². The van der Waals surface area contributed by atoms with Gasteiger partial charge < -0.3 is 14.2 Å². The summed E-state index contributed by atoms with van der Waals surface area (Å²) < 4.78 is 33.8. The van der Waals surface area contributed by atoms with Crippen molar-refractivity contribution in [3.05, 3.63) is 35.0 Å². The van der Waals surface area contributed by atoms with Crippen LogP contribution >= 0.6 is 0 Å². The van der Waals surface area contributed by atoms with Crippen LogP contribution in [0, 0.1) is 13.8 Å². The van der Waals surface area contributed by atoms with Crippen LogP contribution < -0.4 is 4.72 Å². The molecule has 2 aromatic heterocycles. The Morgan fingerprint density at radius 1 is 1.43 bits per heavy atom. The first-order valence-electron chi connectivity index (χ1n) is 6.60. The van der Waals surface area contributed by atoms with Gasteiger partial charge >= 0.3 is 0 Å².